The highest BCUT2D eigenvalue weighted by atomic mass is 32.2. The summed E-state index contributed by atoms with van der Waals surface area (Å²) in [4.78, 5) is 11.0. The van der Waals surface area contributed by atoms with Crippen molar-refractivity contribution >= 4 is 27.8 Å². The molecule has 5 nitrogen and oxygen atoms in total. The van der Waals surface area contributed by atoms with E-state index < -0.39 is 22.0 Å². The third-order valence-electron chi connectivity index (χ3n) is 3.43. The van der Waals surface area contributed by atoms with Gasteiger partial charge < -0.3 is 5.11 Å². The van der Waals surface area contributed by atoms with E-state index in [1.807, 2.05) is 0 Å². The van der Waals surface area contributed by atoms with Crippen LogP contribution in [0.1, 0.15) is 32.1 Å². The largest absolute Gasteiger partial charge is 0.480 e. The van der Waals surface area contributed by atoms with Crippen LogP contribution in [-0.2, 0) is 14.8 Å². The maximum absolute atomic E-state index is 12.4. The number of aliphatic carboxylic acids is 1. The van der Waals surface area contributed by atoms with E-state index in [0.717, 1.165) is 19.3 Å². The predicted molar refractivity (Wildman–Crippen MR) is 66.4 cm³/mol. The van der Waals surface area contributed by atoms with Crippen molar-refractivity contribution < 1.29 is 18.3 Å². The van der Waals surface area contributed by atoms with Crippen LogP contribution < -0.4 is 0 Å². The highest BCUT2D eigenvalue weighted by Crippen LogP contribution is 2.31. The third-order valence-corrected chi connectivity index (χ3v) is 6.95. The summed E-state index contributed by atoms with van der Waals surface area (Å²) in [7, 11) is -3.42. The smallest absolute Gasteiger partial charge is 0.322 e. The summed E-state index contributed by atoms with van der Waals surface area (Å²) in [6, 6.07) is -0.869. The highest BCUT2D eigenvalue weighted by molar-refractivity contribution is 8.00. The molecule has 0 aromatic rings. The van der Waals surface area contributed by atoms with Gasteiger partial charge in [-0.2, -0.15) is 4.31 Å². The van der Waals surface area contributed by atoms with E-state index in [0.29, 0.717) is 18.6 Å². The Hall–Kier alpha value is -0.270. The molecule has 1 saturated heterocycles. The minimum atomic E-state index is -3.42. The van der Waals surface area contributed by atoms with Gasteiger partial charge in [0.1, 0.15) is 6.04 Å². The number of thioether (sulfide) groups is 1. The Morgan fingerprint density at radius 3 is 2.47 bits per heavy atom. The first-order chi connectivity index (χ1) is 8.03. The summed E-state index contributed by atoms with van der Waals surface area (Å²) in [5.41, 5.74) is 0. The standard InChI is InChI=1S/C10H17NO4S2/c12-10(13)9-6-16-7-11(9)17(14,15)8-4-2-1-3-5-8/h8-9H,1-7H2,(H,12,13). The summed E-state index contributed by atoms with van der Waals surface area (Å²) < 4.78 is 25.9. The molecule has 0 bridgehead atoms. The molecule has 0 radical (unpaired) electrons. The molecular formula is C10H17NO4S2. The van der Waals surface area contributed by atoms with Gasteiger partial charge in [-0.15, -0.1) is 11.8 Å². The second-order valence-corrected chi connectivity index (χ2v) is 7.71. The van der Waals surface area contributed by atoms with Crippen molar-refractivity contribution in [2.75, 3.05) is 11.6 Å². The molecule has 17 heavy (non-hydrogen) atoms. The van der Waals surface area contributed by atoms with Crippen LogP contribution in [0.25, 0.3) is 0 Å². The molecule has 0 aromatic heterocycles. The second-order valence-electron chi connectivity index (χ2n) is 4.55. The zero-order chi connectivity index (χ0) is 12.5. The van der Waals surface area contributed by atoms with Crippen LogP contribution in [0.2, 0.25) is 0 Å². The normalized spacial score (nSPS) is 28.4. The number of hydrogen-bond donors (Lipinski definition) is 1. The lowest BCUT2D eigenvalue weighted by Crippen LogP contribution is -2.46. The van der Waals surface area contributed by atoms with Gasteiger partial charge in [0.2, 0.25) is 10.0 Å². The molecule has 1 N–H and O–H groups in total. The van der Waals surface area contributed by atoms with Crippen LogP contribution in [0, 0.1) is 0 Å². The molecule has 1 saturated carbocycles. The maximum atomic E-state index is 12.4. The number of nitrogens with zero attached hydrogens (tertiary/aromatic N) is 1. The first kappa shape index (κ1) is 13.2. The number of carbonyl (C=O) groups is 1. The molecule has 0 spiro atoms. The van der Waals surface area contributed by atoms with Crippen LogP contribution in [0.5, 0.6) is 0 Å². The number of carboxylic acids is 1. The summed E-state index contributed by atoms with van der Waals surface area (Å²) in [6.45, 7) is 0. The van der Waals surface area contributed by atoms with Gasteiger partial charge >= 0.3 is 5.97 Å². The fraction of sp³-hybridized carbons (Fsp3) is 0.900. The van der Waals surface area contributed by atoms with E-state index in [1.54, 1.807) is 0 Å². The Kier molecular flexibility index (Phi) is 3.99. The number of rotatable bonds is 3. The Morgan fingerprint density at radius 2 is 1.88 bits per heavy atom. The zero-order valence-corrected chi connectivity index (χ0v) is 11.2. The summed E-state index contributed by atoms with van der Waals surface area (Å²) in [5.74, 6) is -0.383. The molecule has 1 heterocycles. The average Bonchev–Trinajstić information content (AvgIpc) is 2.80. The lowest BCUT2D eigenvalue weighted by molar-refractivity contribution is -0.140. The molecule has 7 heteroatoms. The second kappa shape index (κ2) is 5.16. The van der Waals surface area contributed by atoms with Crippen LogP contribution in [0.15, 0.2) is 0 Å². The molecule has 1 unspecified atom stereocenters. The lowest BCUT2D eigenvalue weighted by Gasteiger charge is -2.28. The molecule has 0 aromatic carbocycles. The number of hydrogen-bond acceptors (Lipinski definition) is 4. The minimum absolute atomic E-state index is 0.288. The predicted octanol–water partition coefficient (Wildman–Crippen LogP) is 1.11. The van der Waals surface area contributed by atoms with Gasteiger partial charge in [-0.3, -0.25) is 4.79 Å². The van der Waals surface area contributed by atoms with Gasteiger partial charge in [-0.1, -0.05) is 19.3 Å². The molecule has 98 valence electrons. The molecule has 2 fully saturated rings. The van der Waals surface area contributed by atoms with Crippen molar-refractivity contribution in [1.82, 2.24) is 4.31 Å². The van der Waals surface area contributed by atoms with Gasteiger partial charge in [0.15, 0.2) is 0 Å². The fourth-order valence-corrected chi connectivity index (χ4v) is 6.18. The molecule has 1 aliphatic heterocycles. The Labute approximate surface area is 106 Å². The average molecular weight is 279 g/mol. The molecule has 1 atom stereocenters. The van der Waals surface area contributed by atoms with E-state index in [1.165, 1.54) is 16.1 Å². The van der Waals surface area contributed by atoms with Crippen molar-refractivity contribution in [3.63, 3.8) is 0 Å². The Bertz CT molecular complexity index is 389. The summed E-state index contributed by atoms with van der Waals surface area (Å²) in [5, 5.41) is 8.66. The molecule has 2 aliphatic rings. The van der Waals surface area contributed by atoms with Gasteiger partial charge in [0.25, 0.3) is 0 Å². The lowest BCUT2D eigenvalue weighted by atomic mass is 10.0. The minimum Gasteiger partial charge on any atom is -0.480 e. The Balaban J connectivity index is 2.16. The van der Waals surface area contributed by atoms with Crippen molar-refractivity contribution in [3.05, 3.63) is 0 Å². The van der Waals surface area contributed by atoms with Crippen LogP contribution in [0.3, 0.4) is 0 Å². The maximum Gasteiger partial charge on any atom is 0.322 e. The first-order valence-corrected chi connectivity index (χ1v) is 8.50. The SMILES string of the molecule is O=C(O)C1CSCN1S(=O)(=O)C1CCCCC1. The van der Waals surface area contributed by atoms with Crippen LogP contribution >= 0.6 is 11.8 Å². The zero-order valence-electron chi connectivity index (χ0n) is 9.54. The number of carboxylic acid groups (broad SMARTS) is 1. The van der Waals surface area contributed by atoms with Crippen molar-refractivity contribution in [1.29, 1.82) is 0 Å². The molecule has 0 amide bonds. The summed E-state index contributed by atoms with van der Waals surface area (Å²) in [6.07, 6.45) is 4.31. The monoisotopic (exact) mass is 279 g/mol. The first-order valence-electron chi connectivity index (χ1n) is 5.84. The number of sulfonamides is 1. The van der Waals surface area contributed by atoms with Gasteiger partial charge in [-0.25, -0.2) is 8.42 Å². The van der Waals surface area contributed by atoms with E-state index >= 15 is 0 Å². The molecular weight excluding hydrogens is 262 g/mol. The van der Waals surface area contributed by atoms with Crippen LogP contribution in [-0.4, -0.2) is 46.7 Å². The topological polar surface area (TPSA) is 74.7 Å². The van der Waals surface area contributed by atoms with E-state index in [2.05, 4.69) is 0 Å². The van der Waals surface area contributed by atoms with E-state index in [-0.39, 0.29) is 11.1 Å². The quantitative estimate of drug-likeness (QED) is 0.837. The van der Waals surface area contributed by atoms with E-state index in [9.17, 15) is 13.2 Å². The Morgan fingerprint density at radius 1 is 1.24 bits per heavy atom. The van der Waals surface area contributed by atoms with Gasteiger partial charge in [0, 0.05) is 5.75 Å². The van der Waals surface area contributed by atoms with Gasteiger partial charge in [0.05, 0.1) is 11.1 Å². The van der Waals surface area contributed by atoms with Crippen molar-refractivity contribution in [3.8, 4) is 0 Å². The van der Waals surface area contributed by atoms with Gasteiger partial charge in [-0.05, 0) is 12.8 Å². The van der Waals surface area contributed by atoms with Crippen molar-refractivity contribution in [2.24, 2.45) is 0 Å². The van der Waals surface area contributed by atoms with Crippen LogP contribution in [0.4, 0.5) is 0 Å². The molecule has 2 rings (SSSR count). The van der Waals surface area contributed by atoms with Crippen molar-refractivity contribution in [2.45, 2.75) is 43.4 Å². The van der Waals surface area contributed by atoms with E-state index in [4.69, 9.17) is 5.11 Å². The third kappa shape index (κ3) is 2.61. The fourth-order valence-electron chi connectivity index (χ4n) is 2.43. The highest BCUT2D eigenvalue weighted by Gasteiger charge is 2.43. The summed E-state index contributed by atoms with van der Waals surface area (Å²) >= 11 is 1.38. The molecule has 1 aliphatic carbocycles.